The van der Waals surface area contributed by atoms with Gasteiger partial charge in [0.05, 0.1) is 11.0 Å². The number of ether oxygens (including phenoxy) is 1. The third kappa shape index (κ3) is 3.63. The van der Waals surface area contributed by atoms with Crippen LogP contribution in [0.15, 0.2) is 6.20 Å². The summed E-state index contributed by atoms with van der Waals surface area (Å²) in [5, 5.41) is 23.1. The van der Waals surface area contributed by atoms with Gasteiger partial charge >= 0.3 is 11.8 Å². The van der Waals surface area contributed by atoms with Crippen LogP contribution in [0.4, 0.5) is 16.2 Å². The topological polar surface area (TPSA) is 132 Å². The van der Waals surface area contributed by atoms with Crippen molar-refractivity contribution in [3.05, 3.63) is 27.6 Å². The van der Waals surface area contributed by atoms with E-state index in [4.69, 9.17) is 10.5 Å². The van der Waals surface area contributed by atoms with Crippen LogP contribution < -0.4 is 10.6 Å². The van der Waals surface area contributed by atoms with Gasteiger partial charge in [0.15, 0.2) is 6.10 Å². The van der Waals surface area contributed by atoms with Gasteiger partial charge in [-0.3, -0.25) is 15.1 Å². The molecule has 160 valence electrons. The average Bonchev–Trinajstić information content (AvgIpc) is 3.05. The van der Waals surface area contributed by atoms with Crippen LogP contribution in [0.2, 0.25) is 0 Å². The van der Waals surface area contributed by atoms with E-state index in [1.54, 1.807) is 6.92 Å². The van der Waals surface area contributed by atoms with Crippen LogP contribution in [-0.4, -0.2) is 45.4 Å². The Balaban J connectivity index is 2.24. The van der Waals surface area contributed by atoms with Crippen LogP contribution in [0.5, 0.6) is 0 Å². The quantitative estimate of drug-likeness (QED) is 0.582. The number of piperidine rings is 1. The summed E-state index contributed by atoms with van der Waals surface area (Å²) in [7, 11) is 0. The Morgan fingerprint density at radius 2 is 2.10 bits per heavy atom. The van der Waals surface area contributed by atoms with Gasteiger partial charge in [0.2, 0.25) is 0 Å². The number of nitrogens with zero attached hydrogens (tertiary/aromatic N) is 3. The first-order chi connectivity index (χ1) is 13.4. The Hall–Kier alpha value is -2.42. The van der Waals surface area contributed by atoms with Crippen molar-refractivity contribution in [2.24, 2.45) is 17.1 Å². The molecule has 1 amide bonds. The van der Waals surface area contributed by atoms with Gasteiger partial charge in [0, 0.05) is 23.7 Å². The highest BCUT2D eigenvalue weighted by molar-refractivity contribution is 5.71. The molecular formula is C20H30N4O5. The van der Waals surface area contributed by atoms with Crippen molar-refractivity contribution >= 4 is 17.5 Å². The highest BCUT2D eigenvalue weighted by atomic mass is 16.6. The van der Waals surface area contributed by atoms with E-state index in [1.807, 2.05) is 32.6 Å². The van der Waals surface area contributed by atoms with Crippen LogP contribution in [0.3, 0.4) is 0 Å². The lowest BCUT2D eigenvalue weighted by atomic mass is 9.69. The van der Waals surface area contributed by atoms with Crippen LogP contribution >= 0.6 is 0 Å². The Bertz CT molecular complexity index is 833. The Morgan fingerprint density at radius 1 is 1.45 bits per heavy atom. The summed E-state index contributed by atoms with van der Waals surface area (Å²) >= 11 is 0. The summed E-state index contributed by atoms with van der Waals surface area (Å²) in [5.41, 5.74) is 5.73. The van der Waals surface area contributed by atoms with Crippen LogP contribution in [0.1, 0.15) is 52.3 Å². The van der Waals surface area contributed by atoms with E-state index in [-0.39, 0.29) is 11.6 Å². The smallest absolute Gasteiger partial charge is 0.404 e. The molecule has 0 radical (unpaired) electrons. The number of fused-ring (bicyclic) bond motifs is 1. The predicted molar refractivity (Wildman–Crippen MR) is 108 cm³/mol. The van der Waals surface area contributed by atoms with E-state index in [9.17, 15) is 20.0 Å². The Kier molecular flexibility index (Phi) is 5.23. The minimum Gasteiger partial charge on any atom is -0.441 e. The van der Waals surface area contributed by atoms with E-state index in [0.29, 0.717) is 18.7 Å². The number of rotatable bonds is 3. The van der Waals surface area contributed by atoms with Crippen molar-refractivity contribution in [2.75, 3.05) is 11.4 Å². The van der Waals surface area contributed by atoms with Gasteiger partial charge in [-0.1, -0.05) is 27.7 Å². The van der Waals surface area contributed by atoms with E-state index in [0.717, 1.165) is 24.1 Å². The van der Waals surface area contributed by atoms with E-state index < -0.39 is 34.2 Å². The van der Waals surface area contributed by atoms with Gasteiger partial charge in [0.1, 0.15) is 17.5 Å². The molecule has 0 bridgehead atoms. The van der Waals surface area contributed by atoms with Gasteiger partial charge in [-0.2, -0.15) is 0 Å². The van der Waals surface area contributed by atoms with Gasteiger partial charge in [-0.05, 0) is 31.6 Å². The lowest BCUT2D eigenvalue weighted by molar-refractivity contribution is -0.384. The maximum atomic E-state index is 11.9. The maximum absolute atomic E-state index is 11.9. The number of anilines is 1. The number of carbonyl (C=O) groups excluding carboxylic acids is 1. The zero-order chi connectivity index (χ0) is 21.7. The molecule has 1 aliphatic carbocycles. The fraction of sp³-hybridized carbons (Fsp3) is 0.700. The fourth-order valence-corrected chi connectivity index (χ4v) is 4.75. The number of aryl methyl sites for hydroxylation is 1. The molecule has 3 N–H and O–H groups in total. The van der Waals surface area contributed by atoms with E-state index in [2.05, 4.69) is 4.98 Å². The standard InChI is InChI=1S/C20H30N4O5/c1-11-10-23(15-12-7-6-8-13(12)22-9-14(15)24(27)28)16(19(2,3)4)17(20(11,5)26)29-18(21)25/h9,11,16-17,26H,6-8,10H2,1-5H3,(H2,21,25)/t11-,16?,17+,20?/m0/s1. The van der Waals surface area contributed by atoms with Crippen LogP contribution in [-0.2, 0) is 17.6 Å². The minimum absolute atomic E-state index is 0.0635. The fourth-order valence-electron chi connectivity index (χ4n) is 4.75. The van der Waals surface area contributed by atoms with Crippen LogP contribution in [0, 0.1) is 21.4 Å². The normalized spacial score (nSPS) is 29.4. The highest BCUT2D eigenvalue weighted by Gasteiger charge is 2.56. The number of aromatic nitrogens is 1. The van der Waals surface area contributed by atoms with Crippen molar-refractivity contribution in [2.45, 2.75) is 71.6 Å². The number of nitro groups is 1. The Morgan fingerprint density at radius 3 is 2.66 bits per heavy atom. The minimum atomic E-state index is -1.34. The molecule has 1 aromatic rings. The molecule has 0 spiro atoms. The molecule has 4 atom stereocenters. The second-order valence-electron chi connectivity index (χ2n) is 9.48. The van der Waals surface area contributed by atoms with Crippen molar-refractivity contribution in [3.63, 3.8) is 0 Å². The van der Waals surface area contributed by atoms with Crippen molar-refractivity contribution < 1.29 is 19.6 Å². The second kappa shape index (κ2) is 7.12. The number of amides is 1. The molecule has 2 unspecified atom stereocenters. The Labute approximate surface area is 170 Å². The first-order valence-electron chi connectivity index (χ1n) is 9.96. The molecule has 0 aromatic carbocycles. The molecule has 1 aliphatic heterocycles. The summed E-state index contributed by atoms with van der Waals surface area (Å²) in [5.74, 6) is -0.324. The summed E-state index contributed by atoms with van der Waals surface area (Å²) in [6.07, 6.45) is 1.77. The predicted octanol–water partition coefficient (Wildman–Crippen LogP) is 2.56. The SMILES string of the molecule is C[C@H]1CN(c2c([N+](=O)[O-])cnc3c2CCC3)C(C(C)(C)C)[C@@H](OC(N)=O)C1(C)O. The third-order valence-corrected chi connectivity index (χ3v) is 6.34. The third-order valence-electron chi connectivity index (χ3n) is 6.34. The molecule has 0 saturated carbocycles. The van der Waals surface area contributed by atoms with Crippen molar-refractivity contribution in [1.82, 2.24) is 4.98 Å². The van der Waals surface area contributed by atoms with Gasteiger partial charge < -0.3 is 20.5 Å². The van der Waals surface area contributed by atoms with Crippen molar-refractivity contribution in [3.8, 4) is 0 Å². The van der Waals surface area contributed by atoms with Crippen LogP contribution in [0.25, 0.3) is 0 Å². The van der Waals surface area contributed by atoms with Gasteiger partial charge in [-0.25, -0.2) is 4.79 Å². The van der Waals surface area contributed by atoms with Crippen molar-refractivity contribution in [1.29, 1.82) is 0 Å². The molecule has 1 fully saturated rings. The second-order valence-corrected chi connectivity index (χ2v) is 9.48. The molecule has 2 heterocycles. The molecule has 1 saturated heterocycles. The highest BCUT2D eigenvalue weighted by Crippen LogP contribution is 2.47. The first kappa shape index (κ1) is 21.3. The zero-order valence-electron chi connectivity index (χ0n) is 17.6. The molecule has 29 heavy (non-hydrogen) atoms. The van der Waals surface area contributed by atoms with E-state index in [1.165, 1.54) is 6.20 Å². The van der Waals surface area contributed by atoms with Gasteiger partial charge in [-0.15, -0.1) is 0 Å². The first-order valence-corrected chi connectivity index (χ1v) is 9.96. The zero-order valence-corrected chi connectivity index (χ0v) is 17.6. The van der Waals surface area contributed by atoms with Gasteiger partial charge in [0.25, 0.3) is 0 Å². The number of primary amides is 1. The number of nitrogens with two attached hydrogens (primary N) is 1. The molecule has 2 aliphatic rings. The summed E-state index contributed by atoms with van der Waals surface area (Å²) in [6.45, 7) is 9.73. The number of carbonyl (C=O) groups is 1. The summed E-state index contributed by atoms with van der Waals surface area (Å²) < 4.78 is 5.45. The monoisotopic (exact) mass is 406 g/mol. The number of hydrogen-bond acceptors (Lipinski definition) is 7. The number of aliphatic hydroxyl groups is 1. The van der Waals surface area contributed by atoms with E-state index >= 15 is 0 Å². The largest absolute Gasteiger partial charge is 0.441 e. The number of hydrogen-bond donors (Lipinski definition) is 2. The molecule has 9 heteroatoms. The number of pyridine rings is 1. The molecule has 3 rings (SSSR count). The molecule has 9 nitrogen and oxygen atoms in total. The lowest BCUT2D eigenvalue weighted by Gasteiger charge is -2.55. The summed E-state index contributed by atoms with van der Waals surface area (Å²) in [4.78, 5) is 29.4. The molecule has 1 aromatic heterocycles. The lowest BCUT2D eigenvalue weighted by Crippen LogP contribution is -2.69. The average molecular weight is 406 g/mol. The summed E-state index contributed by atoms with van der Waals surface area (Å²) in [6, 6.07) is -0.521. The molecular weight excluding hydrogens is 376 g/mol. The maximum Gasteiger partial charge on any atom is 0.404 e.